The predicted molar refractivity (Wildman–Crippen MR) is 43.4 cm³/mol. The van der Waals surface area contributed by atoms with Crippen molar-refractivity contribution >= 4 is 0 Å². The third-order valence-corrected chi connectivity index (χ3v) is 1.32. The molecule has 0 rings (SSSR count). The van der Waals surface area contributed by atoms with Crippen LogP contribution >= 0.6 is 0 Å². The molecule has 0 aliphatic carbocycles. The van der Waals surface area contributed by atoms with Gasteiger partial charge in [-0.3, -0.25) is 0 Å². The SMILES string of the molecule is CC/C(C)=C\C=C(/N)CO. The summed E-state index contributed by atoms with van der Waals surface area (Å²) in [7, 11) is 0. The lowest BCUT2D eigenvalue weighted by Gasteiger charge is -1.92. The van der Waals surface area contributed by atoms with Crippen molar-refractivity contribution in [3.8, 4) is 0 Å². The molecule has 0 atom stereocenters. The number of hydrogen-bond donors (Lipinski definition) is 2. The van der Waals surface area contributed by atoms with Crippen molar-refractivity contribution in [2.45, 2.75) is 20.3 Å². The first-order chi connectivity index (χ1) is 4.70. The first kappa shape index (κ1) is 9.24. The summed E-state index contributed by atoms with van der Waals surface area (Å²) >= 11 is 0. The van der Waals surface area contributed by atoms with Crippen LogP contribution in [0, 0.1) is 0 Å². The molecule has 0 radical (unpaired) electrons. The molecule has 0 bridgehead atoms. The van der Waals surface area contributed by atoms with Gasteiger partial charge in [-0.15, -0.1) is 0 Å². The molecule has 3 N–H and O–H groups in total. The van der Waals surface area contributed by atoms with Gasteiger partial charge in [-0.25, -0.2) is 0 Å². The maximum atomic E-state index is 8.50. The van der Waals surface area contributed by atoms with E-state index >= 15 is 0 Å². The highest BCUT2D eigenvalue weighted by Crippen LogP contribution is 1.98. The molecule has 2 nitrogen and oxygen atoms in total. The van der Waals surface area contributed by atoms with Crippen LogP contribution in [-0.4, -0.2) is 11.7 Å². The molecule has 0 spiro atoms. The van der Waals surface area contributed by atoms with Crippen LogP contribution in [-0.2, 0) is 0 Å². The Morgan fingerprint density at radius 2 is 2.10 bits per heavy atom. The third kappa shape index (κ3) is 4.15. The minimum Gasteiger partial charge on any atom is -0.400 e. The van der Waals surface area contributed by atoms with Gasteiger partial charge in [-0.1, -0.05) is 18.6 Å². The predicted octanol–water partition coefficient (Wildman–Crippen LogP) is 1.18. The normalized spacial score (nSPS) is 13.9. The van der Waals surface area contributed by atoms with Crippen LogP contribution in [0.3, 0.4) is 0 Å². The second-order valence-corrected chi connectivity index (χ2v) is 2.27. The molecular formula is C8H15NO. The van der Waals surface area contributed by atoms with Gasteiger partial charge in [0, 0.05) is 5.70 Å². The zero-order valence-electron chi connectivity index (χ0n) is 6.59. The molecule has 0 aromatic carbocycles. The summed E-state index contributed by atoms with van der Waals surface area (Å²) in [4.78, 5) is 0. The average molecular weight is 141 g/mol. The Labute approximate surface area is 62.0 Å². The summed E-state index contributed by atoms with van der Waals surface area (Å²) in [6.45, 7) is 4.05. The fourth-order valence-electron chi connectivity index (χ4n) is 0.420. The van der Waals surface area contributed by atoms with E-state index in [0.29, 0.717) is 5.70 Å². The van der Waals surface area contributed by atoms with Gasteiger partial charge in [0.2, 0.25) is 0 Å². The molecule has 0 aromatic rings. The zero-order chi connectivity index (χ0) is 7.98. The Morgan fingerprint density at radius 1 is 1.50 bits per heavy atom. The minimum absolute atomic E-state index is 0.0620. The fourth-order valence-corrected chi connectivity index (χ4v) is 0.420. The minimum atomic E-state index is -0.0620. The third-order valence-electron chi connectivity index (χ3n) is 1.32. The first-order valence-corrected chi connectivity index (χ1v) is 3.43. The largest absolute Gasteiger partial charge is 0.400 e. The summed E-state index contributed by atoms with van der Waals surface area (Å²) in [6.07, 6.45) is 4.68. The molecule has 0 fully saturated rings. The zero-order valence-corrected chi connectivity index (χ0v) is 6.59. The number of aliphatic hydroxyl groups is 1. The van der Waals surface area contributed by atoms with Crippen molar-refractivity contribution in [2.24, 2.45) is 5.73 Å². The molecule has 0 saturated carbocycles. The Balaban J connectivity index is 3.91. The van der Waals surface area contributed by atoms with Crippen molar-refractivity contribution in [3.63, 3.8) is 0 Å². The number of allylic oxidation sites excluding steroid dienone is 3. The molecular weight excluding hydrogens is 126 g/mol. The summed E-state index contributed by atoms with van der Waals surface area (Å²) in [5, 5.41) is 8.50. The molecule has 58 valence electrons. The number of rotatable bonds is 3. The topological polar surface area (TPSA) is 46.2 Å². The van der Waals surface area contributed by atoms with Gasteiger partial charge in [0.25, 0.3) is 0 Å². The summed E-state index contributed by atoms with van der Waals surface area (Å²) in [6, 6.07) is 0. The van der Waals surface area contributed by atoms with Crippen LogP contribution < -0.4 is 5.73 Å². The van der Waals surface area contributed by atoms with E-state index in [2.05, 4.69) is 6.92 Å². The van der Waals surface area contributed by atoms with Gasteiger partial charge >= 0.3 is 0 Å². The molecule has 10 heavy (non-hydrogen) atoms. The molecule has 2 heteroatoms. The van der Waals surface area contributed by atoms with Crippen LogP contribution in [0.1, 0.15) is 20.3 Å². The van der Waals surface area contributed by atoms with Crippen molar-refractivity contribution in [1.29, 1.82) is 0 Å². The monoisotopic (exact) mass is 141 g/mol. The second-order valence-electron chi connectivity index (χ2n) is 2.27. The first-order valence-electron chi connectivity index (χ1n) is 3.43. The smallest absolute Gasteiger partial charge is 0.0825 e. The molecule has 0 aliphatic heterocycles. The van der Waals surface area contributed by atoms with Crippen molar-refractivity contribution in [3.05, 3.63) is 23.4 Å². The molecule has 0 amide bonds. The highest BCUT2D eigenvalue weighted by atomic mass is 16.3. The van der Waals surface area contributed by atoms with Crippen molar-refractivity contribution in [1.82, 2.24) is 0 Å². The Hall–Kier alpha value is -0.760. The lowest BCUT2D eigenvalue weighted by atomic mass is 10.2. The van der Waals surface area contributed by atoms with Crippen molar-refractivity contribution < 1.29 is 5.11 Å². The molecule has 0 aliphatic rings. The fraction of sp³-hybridized carbons (Fsp3) is 0.500. The second kappa shape index (κ2) is 5.06. The van der Waals surface area contributed by atoms with Crippen LogP contribution in [0.4, 0.5) is 0 Å². The van der Waals surface area contributed by atoms with E-state index in [4.69, 9.17) is 10.8 Å². The van der Waals surface area contributed by atoms with Gasteiger partial charge in [0.05, 0.1) is 6.61 Å². The number of nitrogens with two attached hydrogens (primary N) is 1. The van der Waals surface area contributed by atoms with E-state index in [9.17, 15) is 0 Å². The van der Waals surface area contributed by atoms with E-state index < -0.39 is 0 Å². The van der Waals surface area contributed by atoms with Crippen LogP contribution in [0.2, 0.25) is 0 Å². The molecule has 0 heterocycles. The van der Waals surface area contributed by atoms with Gasteiger partial charge in [-0.05, 0) is 19.4 Å². The molecule has 0 unspecified atom stereocenters. The van der Waals surface area contributed by atoms with Crippen LogP contribution in [0.15, 0.2) is 23.4 Å². The Morgan fingerprint density at radius 3 is 2.50 bits per heavy atom. The molecule has 0 aromatic heterocycles. The maximum absolute atomic E-state index is 8.50. The van der Waals surface area contributed by atoms with E-state index in [1.165, 1.54) is 5.57 Å². The lowest BCUT2D eigenvalue weighted by molar-refractivity contribution is 0.329. The van der Waals surface area contributed by atoms with Gasteiger partial charge in [0.15, 0.2) is 0 Å². The van der Waals surface area contributed by atoms with E-state index in [0.717, 1.165) is 6.42 Å². The summed E-state index contributed by atoms with van der Waals surface area (Å²) in [5.74, 6) is 0. The van der Waals surface area contributed by atoms with Gasteiger partial charge in [0.1, 0.15) is 0 Å². The van der Waals surface area contributed by atoms with Gasteiger partial charge < -0.3 is 10.8 Å². The highest BCUT2D eigenvalue weighted by molar-refractivity contribution is 5.14. The van der Waals surface area contributed by atoms with E-state index in [-0.39, 0.29) is 6.61 Å². The average Bonchev–Trinajstić information content (AvgIpc) is 1.99. The van der Waals surface area contributed by atoms with Crippen LogP contribution in [0.5, 0.6) is 0 Å². The van der Waals surface area contributed by atoms with E-state index in [1.807, 2.05) is 13.0 Å². The van der Waals surface area contributed by atoms with Crippen molar-refractivity contribution in [2.75, 3.05) is 6.61 Å². The lowest BCUT2D eigenvalue weighted by Crippen LogP contribution is -2.00. The summed E-state index contributed by atoms with van der Waals surface area (Å²) < 4.78 is 0. The number of aliphatic hydroxyl groups excluding tert-OH is 1. The maximum Gasteiger partial charge on any atom is 0.0825 e. The summed E-state index contributed by atoms with van der Waals surface area (Å²) in [5.41, 5.74) is 7.11. The number of hydrogen-bond acceptors (Lipinski definition) is 2. The standard InChI is InChI=1S/C8H15NO/c1-3-7(2)4-5-8(9)6-10/h4-5,10H,3,6,9H2,1-2H3/b7-4-,8-5-. The Bertz CT molecular complexity index is 129. The van der Waals surface area contributed by atoms with E-state index in [1.54, 1.807) is 6.08 Å². The quantitative estimate of drug-likeness (QED) is 0.580. The Kier molecular flexibility index (Phi) is 4.67. The van der Waals surface area contributed by atoms with Gasteiger partial charge in [-0.2, -0.15) is 0 Å². The highest BCUT2D eigenvalue weighted by Gasteiger charge is 1.82. The molecule has 0 saturated heterocycles. The van der Waals surface area contributed by atoms with Crippen LogP contribution in [0.25, 0.3) is 0 Å².